The molecule has 0 heterocycles. The van der Waals surface area contributed by atoms with Crippen LogP contribution in [0.1, 0.15) is 29.8 Å². The number of carbonyl (C=O) groups is 1. The van der Waals surface area contributed by atoms with Gasteiger partial charge in [-0.2, -0.15) is 4.31 Å². The monoisotopic (exact) mass is 392 g/mol. The number of amides is 1. The molecule has 0 bridgehead atoms. The minimum absolute atomic E-state index is 0.134. The Morgan fingerprint density at radius 2 is 1.77 bits per heavy atom. The summed E-state index contributed by atoms with van der Waals surface area (Å²) in [6.07, 6.45) is 1.94. The minimum atomic E-state index is -3.61. The molecule has 26 heavy (non-hydrogen) atoms. The number of thioether (sulfide) groups is 1. The molecule has 7 heteroatoms. The SMILES string of the molecule is CCN(CC)S(=O)(=O)c1ccc(C)c(C(=O)Nc2ccccc2SC)c1. The van der Waals surface area contributed by atoms with E-state index in [0.29, 0.717) is 24.3 Å². The van der Waals surface area contributed by atoms with E-state index in [2.05, 4.69) is 5.32 Å². The molecule has 1 N–H and O–H groups in total. The molecule has 0 fully saturated rings. The molecule has 0 aliphatic heterocycles. The van der Waals surface area contributed by atoms with Crippen molar-refractivity contribution >= 4 is 33.4 Å². The lowest BCUT2D eigenvalue weighted by atomic mass is 10.1. The van der Waals surface area contributed by atoms with Crippen LogP contribution in [0, 0.1) is 6.92 Å². The predicted octanol–water partition coefficient (Wildman–Crippen LogP) is 4.00. The molecule has 0 radical (unpaired) electrons. The van der Waals surface area contributed by atoms with Gasteiger partial charge in [0.15, 0.2) is 0 Å². The van der Waals surface area contributed by atoms with Crippen molar-refractivity contribution in [2.75, 3.05) is 24.7 Å². The molecule has 0 spiro atoms. The second-order valence-electron chi connectivity index (χ2n) is 5.72. The Bertz CT molecular complexity index is 891. The van der Waals surface area contributed by atoms with Gasteiger partial charge in [-0.3, -0.25) is 4.79 Å². The highest BCUT2D eigenvalue weighted by Crippen LogP contribution is 2.26. The predicted molar refractivity (Wildman–Crippen MR) is 107 cm³/mol. The van der Waals surface area contributed by atoms with E-state index >= 15 is 0 Å². The number of para-hydroxylation sites is 1. The smallest absolute Gasteiger partial charge is 0.256 e. The second kappa shape index (κ2) is 8.70. The van der Waals surface area contributed by atoms with Crippen LogP contribution in [0.3, 0.4) is 0 Å². The molecule has 2 rings (SSSR count). The molecule has 0 aliphatic carbocycles. The van der Waals surface area contributed by atoms with Gasteiger partial charge in [-0.15, -0.1) is 11.8 Å². The van der Waals surface area contributed by atoms with Crippen LogP contribution < -0.4 is 5.32 Å². The number of hydrogen-bond donors (Lipinski definition) is 1. The summed E-state index contributed by atoms with van der Waals surface area (Å²) >= 11 is 1.54. The van der Waals surface area contributed by atoms with Gasteiger partial charge in [0, 0.05) is 23.5 Å². The van der Waals surface area contributed by atoms with E-state index in [9.17, 15) is 13.2 Å². The maximum Gasteiger partial charge on any atom is 0.256 e. The molecule has 0 aromatic heterocycles. The summed E-state index contributed by atoms with van der Waals surface area (Å²) in [5.74, 6) is -0.319. The third-order valence-electron chi connectivity index (χ3n) is 4.15. The Labute approximate surface area is 159 Å². The molecular weight excluding hydrogens is 368 g/mol. The Morgan fingerprint density at radius 3 is 2.38 bits per heavy atom. The average Bonchev–Trinajstić information content (AvgIpc) is 2.63. The molecule has 0 unspecified atom stereocenters. The quantitative estimate of drug-likeness (QED) is 0.723. The van der Waals surface area contributed by atoms with Gasteiger partial charge in [-0.25, -0.2) is 8.42 Å². The number of sulfonamides is 1. The summed E-state index contributed by atoms with van der Waals surface area (Å²) in [7, 11) is -3.61. The lowest BCUT2D eigenvalue weighted by Crippen LogP contribution is -2.30. The molecule has 2 aromatic carbocycles. The van der Waals surface area contributed by atoms with E-state index in [1.165, 1.54) is 22.1 Å². The number of hydrogen-bond acceptors (Lipinski definition) is 4. The first-order valence-corrected chi connectivity index (χ1v) is 11.1. The number of benzene rings is 2. The van der Waals surface area contributed by atoms with Crippen molar-refractivity contribution in [3.05, 3.63) is 53.6 Å². The number of nitrogens with one attached hydrogen (secondary N) is 1. The summed E-state index contributed by atoms with van der Waals surface area (Å²) in [5, 5.41) is 2.89. The van der Waals surface area contributed by atoms with Crippen LogP contribution in [0.15, 0.2) is 52.3 Å². The van der Waals surface area contributed by atoms with E-state index < -0.39 is 10.0 Å². The molecule has 140 valence electrons. The van der Waals surface area contributed by atoms with Crippen LogP contribution >= 0.6 is 11.8 Å². The first-order valence-electron chi connectivity index (χ1n) is 8.40. The largest absolute Gasteiger partial charge is 0.321 e. The topological polar surface area (TPSA) is 66.5 Å². The van der Waals surface area contributed by atoms with Gasteiger partial charge in [0.05, 0.1) is 10.6 Å². The molecule has 0 aliphatic rings. The Balaban J connectivity index is 2.39. The van der Waals surface area contributed by atoms with Gasteiger partial charge in [-0.05, 0) is 43.0 Å². The summed E-state index contributed by atoms with van der Waals surface area (Å²) in [4.78, 5) is 13.8. The van der Waals surface area contributed by atoms with Crippen LogP contribution in [0.4, 0.5) is 5.69 Å². The number of rotatable bonds is 7. The zero-order valence-corrected chi connectivity index (χ0v) is 17.1. The van der Waals surface area contributed by atoms with Gasteiger partial charge in [0.2, 0.25) is 10.0 Å². The van der Waals surface area contributed by atoms with Gasteiger partial charge < -0.3 is 5.32 Å². The zero-order chi connectivity index (χ0) is 19.3. The standard InChI is InChI=1S/C19H24N2O3S2/c1-5-21(6-2)26(23,24)15-12-11-14(3)16(13-15)19(22)20-17-9-7-8-10-18(17)25-4/h7-13H,5-6H2,1-4H3,(H,20,22). The highest BCUT2D eigenvalue weighted by molar-refractivity contribution is 7.98. The third kappa shape index (κ3) is 4.28. The zero-order valence-electron chi connectivity index (χ0n) is 15.4. The lowest BCUT2D eigenvalue weighted by molar-refractivity contribution is 0.102. The Kier molecular flexibility index (Phi) is 6.86. The van der Waals surface area contributed by atoms with Crippen LogP contribution in [-0.2, 0) is 10.0 Å². The molecular formula is C19H24N2O3S2. The number of aryl methyl sites for hydroxylation is 1. The van der Waals surface area contributed by atoms with E-state index in [0.717, 1.165) is 10.5 Å². The van der Waals surface area contributed by atoms with Gasteiger partial charge in [0.25, 0.3) is 5.91 Å². The van der Waals surface area contributed by atoms with Crippen molar-refractivity contribution < 1.29 is 13.2 Å². The molecule has 2 aromatic rings. The van der Waals surface area contributed by atoms with Gasteiger partial charge >= 0.3 is 0 Å². The van der Waals surface area contributed by atoms with Crippen LogP contribution in [0.25, 0.3) is 0 Å². The fraction of sp³-hybridized carbons (Fsp3) is 0.316. The maximum absolute atomic E-state index is 12.8. The van der Waals surface area contributed by atoms with Crippen LogP contribution in [-0.4, -0.2) is 38.0 Å². The van der Waals surface area contributed by atoms with Crippen molar-refractivity contribution in [3.63, 3.8) is 0 Å². The number of anilines is 1. The summed E-state index contributed by atoms with van der Waals surface area (Å²) in [6, 6.07) is 12.2. The highest BCUT2D eigenvalue weighted by atomic mass is 32.2. The highest BCUT2D eigenvalue weighted by Gasteiger charge is 2.23. The Morgan fingerprint density at radius 1 is 1.12 bits per heavy atom. The average molecular weight is 393 g/mol. The van der Waals surface area contributed by atoms with Crippen molar-refractivity contribution in [3.8, 4) is 0 Å². The molecule has 0 atom stereocenters. The number of carbonyl (C=O) groups excluding carboxylic acids is 1. The van der Waals surface area contributed by atoms with Crippen LogP contribution in [0.5, 0.6) is 0 Å². The van der Waals surface area contributed by atoms with Crippen molar-refractivity contribution in [1.82, 2.24) is 4.31 Å². The summed E-state index contributed by atoms with van der Waals surface area (Å²) in [6.45, 7) is 6.15. The van der Waals surface area contributed by atoms with E-state index in [-0.39, 0.29) is 10.8 Å². The minimum Gasteiger partial charge on any atom is -0.321 e. The van der Waals surface area contributed by atoms with Crippen molar-refractivity contribution in [2.45, 2.75) is 30.6 Å². The fourth-order valence-electron chi connectivity index (χ4n) is 2.66. The second-order valence-corrected chi connectivity index (χ2v) is 8.51. The lowest BCUT2D eigenvalue weighted by Gasteiger charge is -2.19. The molecule has 0 saturated carbocycles. The normalized spacial score (nSPS) is 11.6. The van der Waals surface area contributed by atoms with Gasteiger partial charge in [-0.1, -0.05) is 32.0 Å². The van der Waals surface area contributed by atoms with Gasteiger partial charge in [0.1, 0.15) is 0 Å². The maximum atomic E-state index is 12.8. The first-order chi connectivity index (χ1) is 12.3. The van der Waals surface area contributed by atoms with E-state index in [1.807, 2.05) is 30.5 Å². The first kappa shape index (κ1) is 20.5. The fourth-order valence-corrected chi connectivity index (χ4v) is 4.69. The van der Waals surface area contributed by atoms with Crippen molar-refractivity contribution in [2.24, 2.45) is 0 Å². The van der Waals surface area contributed by atoms with E-state index in [4.69, 9.17) is 0 Å². The van der Waals surface area contributed by atoms with E-state index in [1.54, 1.807) is 32.9 Å². The third-order valence-corrected chi connectivity index (χ3v) is 6.99. The molecule has 5 nitrogen and oxygen atoms in total. The Hall–Kier alpha value is -1.83. The molecule has 1 amide bonds. The van der Waals surface area contributed by atoms with Crippen LogP contribution in [0.2, 0.25) is 0 Å². The molecule has 0 saturated heterocycles. The number of nitrogens with zero attached hydrogens (tertiary/aromatic N) is 1. The summed E-state index contributed by atoms with van der Waals surface area (Å²) in [5.41, 5.74) is 1.79. The summed E-state index contributed by atoms with van der Waals surface area (Å²) < 4.78 is 26.8. The van der Waals surface area contributed by atoms with Crippen molar-refractivity contribution in [1.29, 1.82) is 0 Å².